The standard InChI is InChI=1S/C16H16Cl2N2O5S.C13H28/c1-2-12(26(24,25)9-5-3-8(21)4-6-9)16(23)20-14-10(17)7-11(19)15(22)13(14)18;1-3-5-7-9-11-13-12-10-8-6-4-2/h3-7,12,21-22H,2,19H2,1H3,(H,20,23);3-13H2,1-2H3. The molecule has 0 aromatic heterocycles. The summed E-state index contributed by atoms with van der Waals surface area (Å²) < 4.78 is 25.4. The van der Waals surface area contributed by atoms with Gasteiger partial charge >= 0.3 is 0 Å². The molecule has 2 aromatic rings. The van der Waals surface area contributed by atoms with Crippen molar-refractivity contribution in [3.63, 3.8) is 0 Å². The van der Waals surface area contributed by atoms with Crippen molar-refractivity contribution in [3.05, 3.63) is 40.4 Å². The van der Waals surface area contributed by atoms with Gasteiger partial charge in [0, 0.05) is 0 Å². The molecule has 0 aliphatic carbocycles. The van der Waals surface area contributed by atoms with Gasteiger partial charge in [0.05, 0.1) is 21.3 Å². The fourth-order valence-electron chi connectivity index (χ4n) is 4.03. The molecule has 0 heterocycles. The van der Waals surface area contributed by atoms with Crippen molar-refractivity contribution in [2.24, 2.45) is 0 Å². The highest BCUT2D eigenvalue weighted by Gasteiger charge is 2.33. The van der Waals surface area contributed by atoms with Crippen molar-refractivity contribution in [1.29, 1.82) is 0 Å². The van der Waals surface area contributed by atoms with Crippen LogP contribution in [-0.4, -0.2) is 29.8 Å². The number of phenols is 2. The number of nitrogens with two attached hydrogens (primary N) is 1. The molecule has 5 N–H and O–H groups in total. The number of rotatable bonds is 15. The van der Waals surface area contributed by atoms with Crippen molar-refractivity contribution in [1.82, 2.24) is 0 Å². The van der Waals surface area contributed by atoms with Crippen LogP contribution < -0.4 is 11.1 Å². The largest absolute Gasteiger partial charge is 0.508 e. The number of halogens is 2. The predicted octanol–water partition coefficient (Wildman–Crippen LogP) is 8.50. The Morgan fingerprint density at radius 1 is 0.872 bits per heavy atom. The highest BCUT2D eigenvalue weighted by atomic mass is 35.5. The van der Waals surface area contributed by atoms with Crippen molar-refractivity contribution in [2.75, 3.05) is 11.1 Å². The second-order valence-corrected chi connectivity index (χ2v) is 12.5. The number of hydrogen-bond acceptors (Lipinski definition) is 6. The maximum Gasteiger partial charge on any atom is 0.243 e. The van der Waals surface area contributed by atoms with Crippen LogP contribution in [0.25, 0.3) is 0 Å². The van der Waals surface area contributed by atoms with Crippen LogP contribution in [0.4, 0.5) is 11.4 Å². The van der Waals surface area contributed by atoms with Crippen LogP contribution in [0.1, 0.15) is 97.8 Å². The summed E-state index contributed by atoms with van der Waals surface area (Å²) in [6, 6.07) is 6.02. The van der Waals surface area contributed by atoms with E-state index in [0.717, 1.165) is 0 Å². The van der Waals surface area contributed by atoms with Crippen LogP contribution in [0.15, 0.2) is 35.2 Å². The summed E-state index contributed by atoms with van der Waals surface area (Å²) in [5.74, 6) is -1.44. The first-order valence-electron chi connectivity index (χ1n) is 13.8. The molecule has 0 saturated carbocycles. The van der Waals surface area contributed by atoms with Crippen LogP contribution in [-0.2, 0) is 14.6 Å². The highest BCUT2D eigenvalue weighted by molar-refractivity contribution is 7.92. The van der Waals surface area contributed by atoms with E-state index in [-0.39, 0.29) is 38.5 Å². The molecule has 1 unspecified atom stereocenters. The Balaban J connectivity index is 0.000000495. The van der Waals surface area contributed by atoms with E-state index in [1.165, 1.54) is 108 Å². The monoisotopic (exact) mass is 602 g/mol. The Morgan fingerprint density at radius 3 is 1.77 bits per heavy atom. The molecule has 2 aromatic carbocycles. The molecule has 0 fully saturated rings. The van der Waals surface area contributed by atoms with E-state index in [2.05, 4.69) is 19.2 Å². The zero-order valence-corrected chi connectivity index (χ0v) is 25.6. The van der Waals surface area contributed by atoms with E-state index >= 15 is 0 Å². The lowest BCUT2D eigenvalue weighted by Crippen LogP contribution is -2.35. The van der Waals surface area contributed by atoms with Gasteiger partial charge in [0.2, 0.25) is 5.91 Å². The average molecular weight is 604 g/mol. The number of amides is 1. The quantitative estimate of drug-likeness (QED) is 0.0918. The molecule has 0 spiro atoms. The zero-order chi connectivity index (χ0) is 29.4. The minimum absolute atomic E-state index is 0.0226. The molecule has 0 bridgehead atoms. The number of hydrogen-bond donors (Lipinski definition) is 4. The molecule has 0 saturated heterocycles. The van der Waals surface area contributed by atoms with E-state index in [0.29, 0.717) is 0 Å². The van der Waals surface area contributed by atoms with Crippen molar-refractivity contribution >= 4 is 50.3 Å². The van der Waals surface area contributed by atoms with E-state index in [1.54, 1.807) is 0 Å². The molecule has 10 heteroatoms. The topological polar surface area (TPSA) is 130 Å². The Hall–Kier alpha value is -2.16. The first kappa shape index (κ1) is 34.9. The van der Waals surface area contributed by atoms with Crippen molar-refractivity contribution in [3.8, 4) is 11.5 Å². The van der Waals surface area contributed by atoms with Crippen LogP contribution >= 0.6 is 23.2 Å². The summed E-state index contributed by atoms with van der Waals surface area (Å²) in [5.41, 5.74) is 5.30. The van der Waals surface area contributed by atoms with Gasteiger partial charge in [-0.15, -0.1) is 0 Å². The molecule has 39 heavy (non-hydrogen) atoms. The third-order valence-electron chi connectivity index (χ3n) is 6.38. The number of benzene rings is 2. The first-order valence-corrected chi connectivity index (χ1v) is 16.1. The number of nitrogens with one attached hydrogen (secondary N) is 1. The Labute approximate surface area is 244 Å². The first-order chi connectivity index (χ1) is 18.5. The number of anilines is 2. The summed E-state index contributed by atoms with van der Waals surface area (Å²) in [6.45, 7) is 6.10. The maximum atomic E-state index is 12.7. The summed E-state index contributed by atoms with van der Waals surface area (Å²) in [5, 5.41) is 19.6. The van der Waals surface area contributed by atoms with Gasteiger partial charge in [-0.1, -0.05) is 115 Å². The lowest BCUT2D eigenvalue weighted by atomic mass is 10.1. The Morgan fingerprint density at radius 2 is 1.33 bits per heavy atom. The number of phenolic OH excluding ortho intramolecular Hbond substituents is 2. The van der Waals surface area contributed by atoms with E-state index in [4.69, 9.17) is 28.9 Å². The lowest BCUT2D eigenvalue weighted by Gasteiger charge is -2.18. The van der Waals surface area contributed by atoms with Gasteiger partial charge in [0.15, 0.2) is 15.6 Å². The van der Waals surface area contributed by atoms with Gasteiger partial charge in [0.1, 0.15) is 16.0 Å². The second-order valence-electron chi connectivity index (χ2n) is 9.59. The van der Waals surface area contributed by atoms with Gasteiger partial charge in [-0.2, -0.15) is 0 Å². The van der Waals surface area contributed by atoms with Crippen molar-refractivity contribution in [2.45, 2.75) is 108 Å². The van der Waals surface area contributed by atoms with Gasteiger partial charge in [0.25, 0.3) is 0 Å². The SMILES string of the molecule is CCC(C(=O)Nc1c(Cl)cc(N)c(O)c1Cl)S(=O)(=O)c1ccc(O)cc1.CCCCCCCCCCCCC. The summed E-state index contributed by atoms with van der Waals surface area (Å²) in [7, 11) is -4.03. The molecule has 0 aliphatic heterocycles. The van der Waals surface area contributed by atoms with Gasteiger partial charge in [-0.3, -0.25) is 4.79 Å². The molecule has 1 amide bonds. The molecule has 220 valence electrons. The minimum atomic E-state index is -4.03. The molecule has 2 rings (SSSR count). The zero-order valence-electron chi connectivity index (χ0n) is 23.3. The molecule has 0 aliphatic rings. The maximum absolute atomic E-state index is 12.7. The predicted molar refractivity (Wildman–Crippen MR) is 163 cm³/mol. The van der Waals surface area contributed by atoms with Crippen LogP contribution in [0.2, 0.25) is 10.0 Å². The third kappa shape index (κ3) is 11.5. The van der Waals surface area contributed by atoms with Crippen LogP contribution in [0, 0.1) is 0 Å². The summed E-state index contributed by atoms with van der Waals surface area (Å²) in [4.78, 5) is 12.4. The smallest absolute Gasteiger partial charge is 0.243 e. The van der Waals surface area contributed by atoms with E-state index in [1.807, 2.05) is 0 Å². The minimum Gasteiger partial charge on any atom is -0.508 e. The average Bonchev–Trinajstić information content (AvgIpc) is 2.90. The molecule has 0 radical (unpaired) electrons. The normalized spacial score (nSPS) is 11.9. The number of aromatic hydroxyl groups is 2. The number of sulfone groups is 1. The summed E-state index contributed by atoms with van der Waals surface area (Å²) >= 11 is 11.9. The van der Waals surface area contributed by atoms with Crippen LogP contribution in [0.3, 0.4) is 0 Å². The fraction of sp³-hybridized carbons (Fsp3) is 0.552. The Kier molecular flexibility index (Phi) is 16.3. The number of carbonyl (C=O) groups excluding carboxylic acids is 1. The van der Waals surface area contributed by atoms with E-state index in [9.17, 15) is 23.4 Å². The fourth-order valence-corrected chi connectivity index (χ4v) is 6.22. The van der Waals surface area contributed by atoms with Crippen molar-refractivity contribution < 1.29 is 23.4 Å². The number of carbonyl (C=O) groups is 1. The number of unbranched alkanes of at least 4 members (excludes halogenated alkanes) is 10. The number of nitrogen functional groups attached to an aromatic ring is 1. The molecule has 1 atom stereocenters. The second kappa shape index (κ2) is 18.2. The van der Waals surface area contributed by atoms with Gasteiger partial charge in [-0.25, -0.2) is 8.42 Å². The Bertz CT molecular complexity index is 1120. The highest BCUT2D eigenvalue weighted by Crippen LogP contribution is 2.41. The van der Waals surface area contributed by atoms with Crippen LogP contribution in [0.5, 0.6) is 11.5 Å². The lowest BCUT2D eigenvalue weighted by molar-refractivity contribution is -0.115. The third-order valence-corrected chi connectivity index (χ3v) is 9.27. The molecular weight excluding hydrogens is 559 g/mol. The summed E-state index contributed by atoms with van der Waals surface area (Å²) in [6.07, 6.45) is 15.9. The van der Waals surface area contributed by atoms with Gasteiger partial charge in [-0.05, 0) is 36.8 Å². The van der Waals surface area contributed by atoms with E-state index < -0.39 is 26.7 Å². The molecule has 7 nitrogen and oxygen atoms in total. The molecular formula is C29H44Cl2N2O5S. The van der Waals surface area contributed by atoms with Gasteiger partial charge < -0.3 is 21.3 Å².